The summed E-state index contributed by atoms with van der Waals surface area (Å²) in [7, 11) is 0. The minimum atomic E-state index is -4.29. The maximum Gasteiger partial charge on any atom is 0.416 e. The van der Waals surface area contributed by atoms with E-state index < -0.39 is 11.7 Å². The molecule has 6 heteroatoms. The topological polar surface area (TPSA) is 6.48 Å². The zero-order chi connectivity index (χ0) is 17.2. The first-order chi connectivity index (χ1) is 11.4. The van der Waals surface area contributed by atoms with E-state index in [1.165, 1.54) is 12.1 Å². The van der Waals surface area contributed by atoms with E-state index in [4.69, 9.17) is 11.6 Å². The summed E-state index contributed by atoms with van der Waals surface area (Å²) in [6.45, 7) is 3.82. The SMILES string of the molecule is FC(F)(F)c1cccc(CN2CCN(c3cccc(Cl)c3)CC2)c1. The number of anilines is 1. The molecule has 0 spiro atoms. The Bertz CT molecular complexity index is 695. The molecule has 0 aromatic heterocycles. The van der Waals surface area contributed by atoms with Crippen molar-refractivity contribution in [2.45, 2.75) is 12.7 Å². The first-order valence-electron chi connectivity index (χ1n) is 7.81. The molecule has 0 unspecified atom stereocenters. The maximum absolute atomic E-state index is 12.8. The number of rotatable bonds is 3. The van der Waals surface area contributed by atoms with Crippen LogP contribution in [-0.2, 0) is 12.7 Å². The standard InChI is InChI=1S/C18H18ClF3N2/c19-16-5-2-6-17(12-16)24-9-7-23(8-10-24)13-14-3-1-4-15(11-14)18(20,21)22/h1-6,11-12H,7-10,13H2. The molecule has 1 saturated heterocycles. The van der Waals surface area contributed by atoms with E-state index in [0.717, 1.165) is 37.9 Å². The average Bonchev–Trinajstić information content (AvgIpc) is 2.55. The second kappa shape index (κ2) is 7.03. The number of benzene rings is 2. The van der Waals surface area contributed by atoms with Gasteiger partial charge in [-0.1, -0.05) is 35.9 Å². The molecule has 3 rings (SSSR count). The number of hydrogen-bond donors (Lipinski definition) is 0. The van der Waals surface area contributed by atoms with Crippen LogP contribution in [0.2, 0.25) is 5.02 Å². The Hall–Kier alpha value is -1.72. The van der Waals surface area contributed by atoms with E-state index in [1.54, 1.807) is 6.07 Å². The van der Waals surface area contributed by atoms with Crippen LogP contribution >= 0.6 is 11.6 Å². The second-order valence-electron chi connectivity index (χ2n) is 5.94. The van der Waals surface area contributed by atoms with Crippen molar-refractivity contribution in [2.24, 2.45) is 0 Å². The fourth-order valence-electron chi connectivity index (χ4n) is 2.94. The van der Waals surface area contributed by atoms with Gasteiger partial charge in [0.05, 0.1) is 5.56 Å². The third kappa shape index (κ3) is 4.22. The van der Waals surface area contributed by atoms with Gasteiger partial charge in [-0.05, 0) is 29.8 Å². The van der Waals surface area contributed by atoms with E-state index in [0.29, 0.717) is 17.1 Å². The van der Waals surface area contributed by atoms with Crippen LogP contribution in [-0.4, -0.2) is 31.1 Å². The lowest BCUT2D eigenvalue weighted by atomic mass is 10.1. The number of hydrogen-bond acceptors (Lipinski definition) is 2. The first-order valence-corrected chi connectivity index (χ1v) is 8.18. The van der Waals surface area contributed by atoms with Crippen LogP contribution < -0.4 is 4.90 Å². The van der Waals surface area contributed by atoms with E-state index in [2.05, 4.69) is 9.80 Å². The molecule has 1 aliphatic heterocycles. The highest BCUT2D eigenvalue weighted by Gasteiger charge is 2.30. The summed E-state index contributed by atoms with van der Waals surface area (Å²) in [6.07, 6.45) is -4.29. The van der Waals surface area contributed by atoms with Gasteiger partial charge in [-0.2, -0.15) is 13.2 Å². The van der Waals surface area contributed by atoms with E-state index in [1.807, 2.05) is 24.3 Å². The highest BCUT2D eigenvalue weighted by molar-refractivity contribution is 6.30. The Labute approximate surface area is 144 Å². The van der Waals surface area contributed by atoms with Crippen LogP contribution in [0.1, 0.15) is 11.1 Å². The van der Waals surface area contributed by atoms with Crippen LogP contribution in [0.4, 0.5) is 18.9 Å². The molecule has 0 radical (unpaired) electrons. The molecule has 0 saturated carbocycles. The lowest BCUT2D eigenvalue weighted by molar-refractivity contribution is -0.137. The van der Waals surface area contributed by atoms with Gasteiger partial charge in [-0.15, -0.1) is 0 Å². The van der Waals surface area contributed by atoms with Crippen LogP contribution in [0.15, 0.2) is 48.5 Å². The largest absolute Gasteiger partial charge is 0.416 e. The Balaban J connectivity index is 1.60. The number of nitrogens with zero attached hydrogens (tertiary/aromatic N) is 2. The van der Waals surface area contributed by atoms with Crippen LogP contribution in [0, 0.1) is 0 Å². The summed E-state index contributed by atoms with van der Waals surface area (Å²) in [6, 6.07) is 13.3. The van der Waals surface area contributed by atoms with Crippen molar-refractivity contribution < 1.29 is 13.2 Å². The normalized spacial score (nSPS) is 16.4. The molecule has 0 amide bonds. The molecular formula is C18H18ClF3N2. The minimum absolute atomic E-state index is 0.535. The monoisotopic (exact) mass is 354 g/mol. The predicted octanol–water partition coefficient (Wildman–Crippen LogP) is 4.68. The van der Waals surface area contributed by atoms with E-state index >= 15 is 0 Å². The average molecular weight is 355 g/mol. The van der Waals surface area contributed by atoms with Crippen molar-refractivity contribution in [3.63, 3.8) is 0 Å². The molecule has 0 bridgehead atoms. The van der Waals surface area contributed by atoms with Crippen LogP contribution in [0.5, 0.6) is 0 Å². The molecule has 1 heterocycles. The summed E-state index contributed by atoms with van der Waals surface area (Å²) < 4.78 is 38.4. The smallest absolute Gasteiger partial charge is 0.369 e. The number of alkyl halides is 3. The predicted molar refractivity (Wildman–Crippen MR) is 90.4 cm³/mol. The quantitative estimate of drug-likeness (QED) is 0.789. The number of piperazine rings is 1. The summed E-state index contributed by atoms with van der Waals surface area (Å²) in [5.74, 6) is 0. The van der Waals surface area contributed by atoms with Gasteiger partial charge in [0.15, 0.2) is 0 Å². The lowest BCUT2D eigenvalue weighted by Gasteiger charge is -2.36. The molecule has 24 heavy (non-hydrogen) atoms. The van der Waals surface area contributed by atoms with Crippen LogP contribution in [0.3, 0.4) is 0 Å². The van der Waals surface area contributed by atoms with Gasteiger partial charge >= 0.3 is 6.18 Å². The van der Waals surface area contributed by atoms with Gasteiger partial charge in [0.2, 0.25) is 0 Å². The van der Waals surface area contributed by atoms with Crippen molar-refractivity contribution in [3.8, 4) is 0 Å². The van der Waals surface area contributed by atoms with Crippen molar-refractivity contribution in [3.05, 3.63) is 64.7 Å². The highest BCUT2D eigenvalue weighted by Crippen LogP contribution is 2.30. The van der Waals surface area contributed by atoms with E-state index in [9.17, 15) is 13.2 Å². The van der Waals surface area contributed by atoms with Gasteiger partial charge in [0.1, 0.15) is 0 Å². The maximum atomic E-state index is 12.8. The third-order valence-corrected chi connectivity index (χ3v) is 4.44. The van der Waals surface area contributed by atoms with Crippen molar-refractivity contribution in [2.75, 3.05) is 31.1 Å². The summed E-state index contributed by atoms with van der Waals surface area (Å²) >= 11 is 6.02. The third-order valence-electron chi connectivity index (χ3n) is 4.21. The van der Waals surface area contributed by atoms with Gasteiger partial charge in [-0.3, -0.25) is 4.90 Å². The Morgan fingerprint density at radius 3 is 2.29 bits per heavy atom. The van der Waals surface area contributed by atoms with Crippen LogP contribution in [0.25, 0.3) is 0 Å². The van der Waals surface area contributed by atoms with Gasteiger partial charge < -0.3 is 4.90 Å². The zero-order valence-corrected chi connectivity index (χ0v) is 13.8. The fraction of sp³-hybridized carbons (Fsp3) is 0.333. The fourth-order valence-corrected chi connectivity index (χ4v) is 3.13. The molecule has 2 aromatic rings. The zero-order valence-electron chi connectivity index (χ0n) is 13.1. The molecule has 0 N–H and O–H groups in total. The molecule has 128 valence electrons. The molecule has 0 aliphatic carbocycles. The summed E-state index contributed by atoms with van der Waals surface area (Å²) in [5.41, 5.74) is 1.19. The molecule has 1 fully saturated rings. The highest BCUT2D eigenvalue weighted by atomic mass is 35.5. The van der Waals surface area contributed by atoms with Gasteiger partial charge in [-0.25, -0.2) is 0 Å². The molecule has 2 aromatic carbocycles. The Morgan fingerprint density at radius 2 is 1.62 bits per heavy atom. The molecule has 0 atom stereocenters. The van der Waals surface area contributed by atoms with Gasteiger partial charge in [0, 0.05) is 43.4 Å². The second-order valence-corrected chi connectivity index (χ2v) is 6.38. The molecular weight excluding hydrogens is 337 g/mol. The van der Waals surface area contributed by atoms with Crippen molar-refractivity contribution in [1.82, 2.24) is 4.90 Å². The first kappa shape index (κ1) is 17.1. The van der Waals surface area contributed by atoms with E-state index in [-0.39, 0.29) is 0 Å². The Morgan fingerprint density at radius 1 is 0.917 bits per heavy atom. The summed E-state index contributed by atoms with van der Waals surface area (Å²) in [4.78, 5) is 4.42. The molecule has 1 aliphatic rings. The van der Waals surface area contributed by atoms with Crippen molar-refractivity contribution >= 4 is 17.3 Å². The van der Waals surface area contributed by atoms with Crippen molar-refractivity contribution in [1.29, 1.82) is 0 Å². The number of halogens is 4. The minimum Gasteiger partial charge on any atom is -0.369 e. The summed E-state index contributed by atoms with van der Waals surface area (Å²) in [5, 5.41) is 0.707. The van der Waals surface area contributed by atoms with Gasteiger partial charge in [0.25, 0.3) is 0 Å². The molecule has 2 nitrogen and oxygen atoms in total. The lowest BCUT2D eigenvalue weighted by Crippen LogP contribution is -2.45. The Kier molecular flexibility index (Phi) is 5.01.